The van der Waals surface area contributed by atoms with Gasteiger partial charge >= 0.3 is 0 Å². The summed E-state index contributed by atoms with van der Waals surface area (Å²) >= 11 is 7.30. The maximum absolute atomic E-state index is 13.1. The van der Waals surface area contributed by atoms with Crippen LogP contribution in [0.4, 0.5) is 15.8 Å². The molecule has 0 bridgehead atoms. The molecule has 132 valence electrons. The van der Waals surface area contributed by atoms with Gasteiger partial charge in [-0.3, -0.25) is 9.59 Å². The summed E-state index contributed by atoms with van der Waals surface area (Å²) < 4.78 is 13.1. The number of benzene rings is 2. The van der Waals surface area contributed by atoms with Crippen molar-refractivity contribution in [2.45, 2.75) is 6.92 Å². The first kappa shape index (κ1) is 18.0. The van der Waals surface area contributed by atoms with Crippen LogP contribution in [0.1, 0.15) is 25.9 Å². The van der Waals surface area contributed by atoms with Crippen LogP contribution in [0.5, 0.6) is 0 Å². The summed E-state index contributed by atoms with van der Waals surface area (Å²) in [5.74, 6) is -1.39. The Labute approximate surface area is 157 Å². The van der Waals surface area contributed by atoms with E-state index in [9.17, 15) is 14.0 Å². The van der Waals surface area contributed by atoms with E-state index < -0.39 is 17.6 Å². The minimum absolute atomic E-state index is 0.0813. The molecule has 1 aromatic heterocycles. The number of carbonyl (C=O) groups is 2. The lowest BCUT2D eigenvalue weighted by Crippen LogP contribution is -2.18. The van der Waals surface area contributed by atoms with Crippen LogP contribution in [0.15, 0.2) is 47.8 Å². The van der Waals surface area contributed by atoms with Gasteiger partial charge < -0.3 is 10.6 Å². The number of amides is 2. The molecule has 3 aromatic rings. The number of nitrogens with zero attached hydrogens (tertiary/aromatic N) is 1. The molecule has 0 radical (unpaired) electrons. The molecule has 2 aromatic carbocycles. The first-order valence-corrected chi connectivity index (χ1v) is 8.78. The molecule has 0 saturated carbocycles. The summed E-state index contributed by atoms with van der Waals surface area (Å²) in [6.45, 7) is 1.80. The lowest BCUT2D eigenvalue weighted by molar-refractivity contribution is 0.102. The summed E-state index contributed by atoms with van der Waals surface area (Å²) in [4.78, 5) is 29.0. The predicted octanol–water partition coefficient (Wildman–Crippen LogP) is 4.75. The second-order valence-corrected chi connectivity index (χ2v) is 6.80. The summed E-state index contributed by atoms with van der Waals surface area (Å²) in [6, 6.07) is 10.2. The Morgan fingerprint density at radius 3 is 2.50 bits per heavy atom. The van der Waals surface area contributed by atoms with E-state index in [0.29, 0.717) is 5.69 Å². The fourth-order valence-corrected chi connectivity index (χ4v) is 3.03. The van der Waals surface area contributed by atoms with E-state index in [1.54, 1.807) is 36.6 Å². The van der Waals surface area contributed by atoms with Gasteiger partial charge in [-0.1, -0.05) is 23.7 Å². The van der Waals surface area contributed by atoms with Crippen LogP contribution in [-0.2, 0) is 0 Å². The number of aromatic nitrogens is 1. The zero-order valence-corrected chi connectivity index (χ0v) is 15.1. The van der Waals surface area contributed by atoms with Crippen molar-refractivity contribution >= 4 is 46.1 Å². The number of thiazole rings is 1. The Kier molecular flexibility index (Phi) is 5.29. The second-order valence-electron chi connectivity index (χ2n) is 5.33. The molecule has 0 saturated heterocycles. The summed E-state index contributed by atoms with van der Waals surface area (Å²) in [7, 11) is 0. The minimum atomic E-state index is -0.501. The third-order valence-electron chi connectivity index (χ3n) is 3.45. The SMILES string of the molecule is Cc1nc(C(=O)Nc2ccccc2C(=O)Nc2ccc(F)cc2Cl)cs1. The number of anilines is 2. The van der Waals surface area contributed by atoms with Crippen molar-refractivity contribution in [3.05, 3.63) is 74.9 Å². The quantitative estimate of drug-likeness (QED) is 0.676. The molecule has 0 unspecified atom stereocenters. The third-order valence-corrected chi connectivity index (χ3v) is 4.54. The number of rotatable bonds is 4. The van der Waals surface area contributed by atoms with Crippen LogP contribution < -0.4 is 10.6 Å². The average Bonchev–Trinajstić information content (AvgIpc) is 3.04. The average molecular weight is 390 g/mol. The first-order valence-electron chi connectivity index (χ1n) is 7.53. The summed E-state index contributed by atoms with van der Waals surface area (Å²) in [6.07, 6.45) is 0. The van der Waals surface area contributed by atoms with Gasteiger partial charge in [0.05, 0.1) is 27.0 Å². The van der Waals surface area contributed by atoms with Gasteiger partial charge in [-0.2, -0.15) is 0 Å². The number of halogens is 2. The molecule has 26 heavy (non-hydrogen) atoms. The number of nitrogens with one attached hydrogen (secondary N) is 2. The zero-order chi connectivity index (χ0) is 18.7. The van der Waals surface area contributed by atoms with Crippen LogP contribution in [0.3, 0.4) is 0 Å². The molecule has 0 aliphatic rings. The van der Waals surface area contributed by atoms with Gasteiger partial charge in [0.25, 0.3) is 11.8 Å². The highest BCUT2D eigenvalue weighted by atomic mass is 35.5. The van der Waals surface area contributed by atoms with Gasteiger partial charge in [0.15, 0.2) is 0 Å². The Hall–Kier alpha value is -2.77. The smallest absolute Gasteiger partial charge is 0.275 e. The Bertz CT molecular complexity index is 990. The van der Waals surface area contributed by atoms with Crippen molar-refractivity contribution in [1.29, 1.82) is 0 Å². The van der Waals surface area contributed by atoms with Gasteiger partial charge in [-0.25, -0.2) is 9.37 Å². The van der Waals surface area contributed by atoms with Crippen LogP contribution in [0.25, 0.3) is 0 Å². The summed E-state index contributed by atoms with van der Waals surface area (Å²) in [5, 5.41) is 7.79. The number of hydrogen-bond acceptors (Lipinski definition) is 4. The number of aryl methyl sites for hydroxylation is 1. The van der Waals surface area contributed by atoms with Crippen LogP contribution in [0, 0.1) is 12.7 Å². The maximum atomic E-state index is 13.1. The van der Waals surface area contributed by atoms with Crippen LogP contribution in [0.2, 0.25) is 5.02 Å². The fourth-order valence-electron chi connectivity index (χ4n) is 2.22. The van der Waals surface area contributed by atoms with Crippen molar-refractivity contribution in [3.63, 3.8) is 0 Å². The highest BCUT2D eigenvalue weighted by Gasteiger charge is 2.16. The number of hydrogen-bond donors (Lipinski definition) is 2. The van der Waals surface area contributed by atoms with Crippen molar-refractivity contribution in [3.8, 4) is 0 Å². The number of para-hydroxylation sites is 1. The minimum Gasteiger partial charge on any atom is -0.321 e. The van der Waals surface area contributed by atoms with Crippen molar-refractivity contribution in [2.24, 2.45) is 0 Å². The Morgan fingerprint density at radius 1 is 1.08 bits per heavy atom. The summed E-state index contributed by atoms with van der Waals surface area (Å²) in [5.41, 5.74) is 1.13. The number of carbonyl (C=O) groups excluding carboxylic acids is 2. The van der Waals surface area contributed by atoms with Gasteiger partial charge in [0.1, 0.15) is 11.5 Å². The highest BCUT2D eigenvalue weighted by molar-refractivity contribution is 7.09. The first-order chi connectivity index (χ1) is 12.4. The Morgan fingerprint density at radius 2 is 1.81 bits per heavy atom. The van der Waals surface area contributed by atoms with E-state index in [0.717, 1.165) is 11.1 Å². The normalized spacial score (nSPS) is 10.4. The lowest BCUT2D eigenvalue weighted by atomic mass is 10.1. The lowest BCUT2D eigenvalue weighted by Gasteiger charge is -2.11. The predicted molar refractivity (Wildman–Crippen MR) is 101 cm³/mol. The molecule has 0 atom stereocenters. The highest BCUT2D eigenvalue weighted by Crippen LogP contribution is 2.24. The molecule has 2 N–H and O–H groups in total. The molecule has 2 amide bonds. The van der Waals surface area contributed by atoms with Crippen molar-refractivity contribution < 1.29 is 14.0 Å². The topological polar surface area (TPSA) is 71.1 Å². The van der Waals surface area contributed by atoms with E-state index >= 15 is 0 Å². The van der Waals surface area contributed by atoms with E-state index in [2.05, 4.69) is 15.6 Å². The van der Waals surface area contributed by atoms with Crippen LogP contribution in [-0.4, -0.2) is 16.8 Å². The van der Waals surface area contributed by atoms with Gasteiger partial charge in [0, 0.05) is 5.38 Å². The molecule has 3 rings (SSSR count). The molecule has 8 heteroatoms. The zero-order valence-electron chi connectivity index (χ0n) is 13.5. The molecule has 0 fully saturated rings. The second kappa shape index (κ2) is 7.63. The van der Waals surface area contributed by atoms with Crippen LogP contribution >= 0.6 is 22.9 Å². The van der Waals surface area contributed by atoms with Gasteiger partial charge in [-0.05, 0) is 37.3 Å². The third kappa shape index (κ3) is 4.07. The molecular formula is C18H13ClFN3O2S. The van der Waals surface area contributed by atoms with Crippen molar-refractivity contribution in [2.75, 3.05) is 10.6 Å². The molecule has 5 nitrogen and oxygen atoms in total. The standard InChI is InChI=1S/C18H13ClFN3O2S/c1-10-21-16(9-26-10)18(25)22-14-5-3-2-4-12(14)17(24)23-15-7-6-11(20)8-13(15)19/h2-9H,1H3,(H,22,25)(H,23,24). The fraction of sp³-hybridized carbons (Fsp3) is 0.0556. The largest absolute Gasteiger partial charge is 0.321 e. The molecule has 1 heterocycles. The Balaban J connectivity index is 1.82. The van der Waals surface area contributed by atoms with Gasteiger partial charge in [-0.15, -0.1) is 11.3 Å². The van der Waals surface area contributed by atoms with Crippen molar-refractivity contribution in [1.82, 2.24) is 4.98 Å². The monoisotopic (exact) mass is 389 g/mol. The molecule has 0 spiro atoms. The van der Waals surface area contributed by atoms with Gasteiger partial charge in [0.2, 0.25) is 0 Å². The molecule has 0 aliphatic heterocycles. The molecular weight excluding hydrogens is 377 g/mol. The van der Waals surface area contributed by atoms with E-state index in [1.165, 1.54) is 23.5 Å². The van der Waals surface area contributed by atoms with E-state index in [1.807, 2.05) is 0 Å². The molecule has 0 aliphatic carbocycles. The van der Waals surface area contributed by atoms with E-state index in [4.69, 9.17) is 11.6 Å². The maximum Gasteiger partial charge on any atom is 0.275 e. The van der Waals surface area contributed by atoms with E-state index in [-0.39, 0.29) is 22.0 Å².